The number of phosphoric acid groups is 1. The summed E-state index contributed by atoms with van der Waals surface area (Å²) in [6.07, 6.45) is 0. The summed E-state index contributed by atoms with van der Waals surface area (Å²) in [5.41, 5.74) is 0. The van der Waals surface area contributed by atoms with Crippen molar-refractivity contribution in [1.29, 1.82) is 0 Å². The van der Waals surface area contributed by atoms with Gasteiger partial charge in [-0.05, 0) is 13.8 Å². The molecule has 0 aromatic heterocycles. The van der Waals surface area contributed by atoms with Crippen LogP contribution in [0.4, 0.5) is 0 Å². The second-order valence-corrected chi connectivity index (χ2v) is 2.12. The molecule has 0 radical (unpaired) electrons. The molecule has 0 aromatic carbocycles. The van der Waals surface area contributed by atoms with Crippen LogP contribution in [0, 0.1) is 0 Å². The third-order valence-corrected chi connectivity index (χ3v) is 0.408. The van der Waals surface area contributed by atoms with Crippen LogP contribution in [0.5, 0.6) is 0 Å². The van der Waals surface area contributed by atoms with Gasteiger partial charge >= 0.3 is 29.6 Å². The number of rotatable bonds is 2. The molecule has 11 heavy (non-hydrogen) atoms. The van der Waals surface area contributed by atoms with Crippen LogP contribution in [0.3, 0.4) is 0 Å². The van der Waals surface area contributed by atoms with Gasteiger partial charge < -0.3 is 24.0 Å². The van der Waals surface area contributed by atoms with E-state index in [0.717, 1.165) is 13.2 Å². The Labute approximate surface area is 88.3 Å². The van der Waals surface area contributed by atoms with Gasteiger partial charge in [-0.3, -0.25) is 0 Å². The Kier molecular flexibility index (Phi) is 18.1. The quantitative estimate of drug-likeness (QED) is 0.323. The van der Waals surface area contributed by atoms with E-state index in [2.05, 4.69) is 0 Å². The summed E-state index contributed by atoms with van der Waals surface area (Å²) in [5.74, 6) is 0. The zero-order valence-corrected chi connectivity index (χ0v) is 9.80. The smallest absolute Gasteiger partial charge is 0.822 e. The maximum atomic E-state index is 8.55. The van der Waals surface area contributed by atoms with E-state index in [9.17, 15) is 0 Å². The normalized spacial score (nSPS) is 9.18. The van der Waals surface area contributed by atoms with E-state index in [4.69, 9.17) is 24.0 Å². The minimum absolute atomic E-state index is 0. The number of hydrogen-bond acceptors (Lipinski definition) is 5. The predicted molar refractivity (Wildman–Crippen MR) is 29.8 cm³/mol. The SMILES string of the molecule is CCOCC.O=P([O-])([O-])[O-].[Na+]. The fraction of sp³-hybridized carbons (Fsp3) is 1.00. The standard InChI is InChI=1S/C4H10O.Na.H3O4P/c1-3-5-4-2;;1-5(2,3)4/h3-4H2,1-2H3;;(H3,1,2,3,4)/q;+1;/p-3. The van der Waals surface area contributed by atoms with Crippen LogP contribution in [-0.4, -0.2) is 13.2 Å². The Morgan fingerprint density at radius 3 is 1.36 bits per heavy atom. The van der Waals surface area contributed by atoms with E-state index in [0.29, 0.717) is 0 Å². The van der Waals surface area contributed by atoms with E-state index < -0.39 is 7.82 Å². The molecule has 0 aliphatic heterocycles. The van der Waals surface area contributed by atoms with Gasteiger partial charge in [0.15, 0.2) is 0 Å². The fourth-order valence-corrected chi connectivity index (χ4v) is 0.204. The molecule has 0 atom stereocenters. The molecule has 0 spiro atoms. The summed E-state index contributed by atoms with van der Waals surface area (Å²) >= 11 is 0. The second-order valence-electron chi connectivity index (χ2n) is 1.23. The van der Waals surface area contributed by atoms with Gasteiger partial charge in [-0.2, -0.15) is 7.82 Å². The van der Waals surface area contributed by atoms with Gasteiger partial charge in [0.2, 0.25) is 0 Å². The topological polar surface area (TPSA) is 95.5 Å². The first kappa shape index (κ1) is 18.0. The van der Waals surface area contributed by atoms with Crippen LogP contribution >= 0.6 is 7.82 Å². The molecular weight excluding hydrogens is 182 g/mol. The van der Waals surface area contributed by atoms with E-state index in [1.807, 2.05) is 13.8 Å². The summed E-state index contributed by atoms with van der Waals surface area (Å²) in [5, 5.41) is 0. The molecule has 0 saturated carbocycles. The molecule has 0 aliphatic carbocycles. The monoisotopic (exact) mass is 192 g/mol. The average molecular weight is 192 g/mol. The molecular formula is C4H10NaO5P-2. The van der Waals surface area contributed by atoms with Crippen molar-refractivity contribution in [2.75, 3.05) is 13.2 Å². The zero-order chi connectivity index (χ0) is 8.62. The molecule has 0 rings (SSSR count). The minimum atomic E-state index is -5.39. The molecule has 7 heteroatoms. The van der Waals surface area contributed by atoms with Crippen molar-refractivity contribution in [2.45, 2.75) is 13.8 Å². The van der Waals surface area contributed by atoms with Crippen LogP contribution in [0.15, 0.2) is 0 Å². The molecule has 0 N–H and O–H groups in total. The molecule has 0 aromatic rings. The Bertz CT molecular complexity index is 92.4. The first-order valence-corrected chi connectivity index (χ1v) is 4.18. The molecule has 0 aliphatic rings. The van der Waals surface area contributed by atoms with Crippen LogP contribution in [0.2, 0.25) is 0 Å². The predicted octanol–water partition coefficient (Wildman–Crippen LogP) is -4.78. The molecule has 64 valence electrons. The van der Waals surface area contributed by atoms with Crippen molar-refractivity contribution in [3.63, 3.8) is 0 Å². The first-order valence-electron chi connectivity index (χ1n) is 2.72. The van der Waals surface area contributed by atoms with Gasteiger partial charge in [0.25, 0.3) is 0 Å². The molecule has 0 saturated heterocycles. The Morgan fingerprint density at radius 1 is 1.18 bits per heavy atom. The molecule has 0 bridgehead atoms. The van der Waals surface area contributed by atoms with E-state index in [1.165, 1.54) is 0 Å². The van der Waals surface area contributed by atoms with Gasteiger partial charge in [-0.1, -0.05) is 0 Å². The van der Waals surface area contributed by atoms with Crippen LogP contribution in [0.1, 0.15) is 13.8 Å². The van der Waals surface area contributed by atoms with Crippen LogP contribution in [0.25, 0.3) is 0 Å². The van der Waals surface area contributed by atoms with Gasteiger partial charge in [-0.25, -0.2) is 0 Å². The van der Waals surface area contributed by atoms with Crippen molar-refractivity contribution in [3.8, 4) is 0 Å². The number of ether oxygens (including phenoxy) is 1. The van der Waals surface area contributed by atoms with Crippen molar-refractivity contribution in [3.05, 3.63) is 0 Å². The molecule has 5 nitrogen and oxygen atoms in total. The third-order valence-electron chi connectivity index (χ3n) is 0.408. The van der Waals surface area contributed by atoms with Crippen molar-refractivity contribution in [1.82, 2.24) is 0 Å². The van der Waals surface area contributed by atoms with Crippen molar-refractivity contribution in [2.24, 2.45) is 0 Å². The Morgan fingerprint density at radius 2 is 1.36 bits per heavy atom. The third kappa shape index (κ3) is 96.6. The molecule has 0 amide bonds. The maximum absolute atomic E-state index is 8.55. The van der Waals surface area contributed by atoms with E-state index in [-0.39, 0.29) is 29.6 Å². The zero-order valence-electron chi connectivity index (χ0n) is 6.90. The summed E-state index contributed by atoms with van der Waals surface area (Å²) in [6.45, 7) is 5.67. The molecule has 0 unspecified atom stereocenters. The van der Waals surface area contributed by atoms with Crippen LogP contribution < -0.4 is 44.2 Å². The Hall–Kier alpha value is 1.07. The molecule has 0 fully saturated rings. The van der Waals surface area contributed by atoms with Crippen LogP contribution in [-0.2, 0) is 9.30 Å². The van der Waals surface area contributed by atoms with E-state index >= 15 is 0 Å². The van der Waals surface area contributed by atoms with Crippen molar-refractivity contribution >= 4 is 7.82 Å². The molecule has 0 heterocycles. The summed E-state index contributed by atoms with van der Waals surface area (Å²) in [4.78, 5) is 25.6. The Balaban J connectivity index is -0.000000107. The van der Waals surface area contributed by atoms with Gasteiger partial charge in [0, 0.05) is 13.2 Å². The summed E-state index contributed by atoms with van der Waals surface area (Å²) in [6, 6.07) is 0. The second kappa shape index (κ2) is 11.1. The van der Waals surface area contributed by atoms with Gasteiger partial charge in [0.1, 0.15) is 0 Å². The van der Waals surface area contributed by atoms with E-state index in [1.54, 1.807) is 0 Å². The summed E-state index contributed by atoms with van der Waals surface area (Å²) in [7, 11) is -5.39. The summed E-state index contributed by atoms with van der Waals surface area (Å²) < 4.78 is 13.4. The average Bonchev–Trinajstić information content (AvgIpc) is 1.63. The van der Waals surface area contributed by atoms with Crippen molar-refractivity contribution < 1.29 is 53.5 Å². The fourth-order valence-electron chi connectivity index (χ4n) is 0.204. The van der Waals surface area contributed by atoms with Gasteiger partial charge in [-0.15, -0.1) is 0 Å². The minimum Gasteiger partial charge on any atom is -0.822 e. The number of hydrogen-bond donors (Lipinski definition) is 0. The van der Waals surface area contributed by atoms with Gasteiger partial charge in [0.05, 0.1) is 0 Å². The maximum Gasteiger partial charge on any atom is 1.00 e. The largest absolute Gasteiger partial charge is 1.00 e. The first-order chi connectivity index (χ1) is 4.41.